The molecule has 2 aromatic heterocycles. The third kappa shape index (κ3) is 3.52. The van der Waals surface area contributed by atoms with Crippen LogP contribution < -0.4 is 9.64 Å². The van der Waals surface area contributed by atoms with Crippen LogP contribution in [0.3, 0.4) is 0 Å². The van der Waals surface area contributed by atoms with Gasteiger partial charge in [-0.3, -0.25) is 9.48 Å². The van der Waals surface area contributed by atoms with Crippen LogP contribution >= 0.6 is 0 Å². The smallest absolute Gasteiger partial charge is 0.274 e. The molecule has 0 saturated carbocycles. The number of aryl methyl sites for hydroxylation is 1. The van der Waals surface area contributed by atoms with Crippen LogP contribution in [0.1, 0.15) is 23.3 Å². The number of ether oxygens (including phenoxy) is 1. The molecule has 0 N–H and O–H groups in total. The minimum atomic E-state index is -0.0168. The lowest BCUT2D eigenvalue weighted by Gasteiger charge is -2.37. The van der Waals surface area contributed by atoms with Crippen LogP contribution in [0.2, 0.25) is 0 Å². The minimum absolute atomic E-state index is 0.0168. The standard InChI is InChI=1S/C21H25N5O2/c1-24-11-10-19(23-24)21(27)25(2)16-8-12-26(13-9-16)20-7-4-15-14-17(28-3)5-6-18(15)22-20/h4-7,10-11,14,16H,8-9,12-13H2,1-3H3. The molecule has 1 amide bonds. The van der Waals surface area contributed by atoms with Crippen molar-refractivity contribution in [3.63, 3.8) is 0 Å². The third-order valence-electron chi connectivity index (χ3n) is 5.47. The Morgan fingerprint density at radius 2 is 1.96 bits per heavy atom. The number of methoxy groups -OCH3 is 1. The van der Waals surface area contributed by atoms with Gasteiger partial charge in [0, 0.05) is 44.8 Å². The summed E-state index contributed by atoms with van der Waals surface area (Å²) in [6, 6.07) is 12.1. The zero-order valence-corrected chi connectivity index (χ0v) is 16.5. The van der Waals surface area contributed by atoms with E-state index in [9.17, 15) is 4.79 Å². The van der Waals surface area contributed by atoms with Gasteiger partial charge in [-0.25, -0.2) is 4.98 Å². The first-order chi connectivity index (χ1) is 13.5. The van der Waals surface area contributed by atoms with E-state index in [2.05, 4.69) is 22.1 Å². The molecule has 7 nitrogen and oxygen atoms in total. The first-order valence-corrected chi connectivity index (χ1v) is 9.52. The van der Waals surface area contributed by atoms with Crippen molar-refractivity contribution in [1.82, 2.24) is 19.7 Å². The Labute approximate surface area is 164 Å². The van der Waals surface area contributed by atoms with E-state index in [-0.39, 0.29) is 11.9 Å². The Morgan fingerprint density at radius 1 is 1.18 bits per heavy atom. The van der Waals surface area contributed by atoms with Gasteiger partial charge < -0.3 is 14.5 Å². The maximum absolute atomic E-state index is 12.6. The van der Waals surface area contributed by atoms with Crippen molar-refractivity contribution in [2.45, 2.75) is 18.9 Å². The molecule has 146 valence electrons. The average molecular weight is 379 g/mol. The zero-order chi connectivity index (χ0) is 19.7. The molecule has 0 unspecified atom stereocenters. The second-order valence-corrected chi connectivity index (χ2v) is 7.24. The molecule has 1 saturated heterocycles. The molecule has 0 atom stereocenters. The number of benzene rings is 1. The molecular weight excluding hydrogens is 354 g/mol. The summed E-state index contributed by atoms with van der Waals surface area (Å²) in [5, 5.41) is 5.29. The van der Waals surface area contributed by atoms with E-state index in [0.29, 0.717) is 5.69 Å². The number of hydrogen-bond donors (Lipinski definition) is 0. The lowest BCUT2D eigenvalue weighted by molar-refractivity contribution is 0.0702. The predicted molar refractivity (Wildman–Crippen MR) is 109 cm³/mol. The quantitative estimate of drug-likeness (QED) is 0.697. The van der Waals surface area contributed by atoms with E-state index < -0.39 is 0 Å². The van der Waals surface area contributed by atoms with Gasteiger partial charge in [0.05, 0.1) is 12.6 Å². The summed E-state index contributed by atoms with van der Waals surface area (Å²) in [6.07, 6.45) is 3.62. The molecule has 1 aliphatic heterocycles. The van der Waals surface area contributed by atoms with Gasteiger partial charge in [0.25, 0.3) is 5.91 Å². The second-order valence-electron chi connectivity index (χ2n) is 7.24. The molecule has 1 aliphatic rings. The van der Waals surface area contributed by atoms with Gasteiger partial charge in [-0.05, 0) is 49.2 Å². The molecule has 3 aromatic rings. The first-order valence-electron chi connectivity index (χ1n) is 9.52. The van der Waals surface area contributed by atoms with E-state index >= 15 is 0 Å². The normalized spacial score (nSPS) is 15.0. The molecule has 0 bridgehead atoms. The fourth-order valence-electron chi connectivity index (χ4n) is 3.75. The summed E-state index contributed by atoms with van der Waals surface area (Å²) in [5.74, 6) is 1.80. The Kier molecular flexibility index (Phi) is 4.90. The van der Waals surface area contributed by atoms with E-state index in [0.717, 1.165) is 48.4 Å². The summed E-state index contributed by atoms with van der Waals surface area (Å²) in [4.78, 5) is 21.6. The number of rotatable bonds is 4. The van der Waals surface area contributed by atoms with Gasteiger partial charge in [0.2, 0.25) is 0 Å². The monoisotopic (exact) mass is 379 g/mol. The molecule has 1 aromatic carbocycles. The number of anilines is 1. The number of carbonyl (C=O) groups excluding carboxylic acids is 1. The summed E-state index contributed by atoms with van der Waals surface area (Å²) >= 11 is 0. The van der Waals surface area contributed by atoms with Crippen LogP contribution in [0.25, 0.3) is 10.9 Å². The molecule has 7 heteroatoms. The van der Waals surface area contributed by atoms with Crippen molar-refractivity contribution >= 4 is 22.6 Å². The average Bonchev–Trinajstić information content (AvgIpc) is 3.18. The molecule has 3 heterocycles. The number of fused-ring (bicyclic) bond motifs is 1. The van der Waals surface area contributed by atoms with Crippen LogP contribution in [0.5, 0.6) is 5.75 Å². The van der Waals surface area contributed by atoms with E-state index in [4.69, 9.17) is 9.72 Å². The highest BCUT2D eigenvalue weighted by Crippen LogP contribution is 2.25. The van der Waals surface area contributed by atoms with E-state index in [1.165, 1.54) is 0 Å². The topological polar surface area (TPSA) is 63.5 Å². The maximum Gasteiger partial charge on any atom is 0.274 e. The number of hydrogen-bond acceptors (Lipinski definition) is 5. The van der Waals surface area contributed by atoms with Crippen molar-refractivity contribution in [2.75, 3.05) is 32.1 Å². The van der Waals surface area contributed by atoms with Crippen LogP contribution in [0.15, 0.2) is 42.6 Å². The van der Waals surface area contributed by atoms with Crippen molar-refractivity contribution in [1.29, 1.82) is 0 Å². The van der Waals surface area contributed by atoms with Crippen LogP contribution in [0, 0.1) is 0 Å². The predicted octanol–water partition coefficient (Wildman–Crippen LogP) is 2.72. The Balaban J connectivity index is 1.42. The van der Waals surface area contributed by atoms with Crippen molar-refractivity contribution < 1.29 is 9.53 Å². The molecule has 0 aliphatic carbocycles. The fraction of sp³-hybridized carbons (Fsp3) is 0.381. The van der Waals surface area contributed by atoms with Crippen molar-refractivity contribution in [3.8, 4) is 5.75 Å². The van der Waals surface area contributed by atoms with Crippen LogP contribution in [-0.2, 0) is 7.05 Å². The number of pyridine rings is 1. The van der Waals surface area contributed by atoms with Crippen LogP contribution in [-0.4, -0.2) is 58.9 Å². The molecule has 1 fully saturated rings. The van der Waals surface area contributed by atoms with E-state index in [1.54, 1.807) is 24.1 Å². The number of carbonyl (C=O) groups is 1. The fourth-order valence-corrected chi connectivity index (χ4v) is 3.75. The van der Waals surface area contributed by atoms with Gasteiger partial charge in [-0.15, -0.1) is 0 Å². The molecule has 0 radical (unpaired) electrons. The Bertz CT molecular complexity index is 991. The molecule has 4 rings (SSSR count). The van der Waals surface area contributed by atoms with Gasteiger partial charge >= 0.3 is 0 Å². The lowest BCUT2D eigenvalue weighted by atomic mass is 10.0. The number of nitrogens with zero attached hydrogens (tertiary/aromatic N) is 5. The summed E-state index contributed by atoms with van der Waals surface area (Å²) in [6.45, 7) is 1.75. The highest BCUT2D eigenvalue weighted by atomic mass is 16.5. The second kappa shape index (κ2) is 7.50. The number of aromatic nitrogens is 3. The molecular formula is C21H25N5O2. The van der Waals surface area contributed by atoms with Crippen molar-refractivity contribution in [2.24, 2.45) is 7.05 Å². The van der Waals surface area contributed by atoms with Gasteiger partial charge in [-0.2, -0.15) is 5.10 Å². The molecule has 28 heavy (non-hydrogen) atoms. The highest BCUT2D eigenvalue weighted by molar-refractivity contribution is 5.92. The van der Waals surface area contributed by atoms with Crippen molar-refractivity contribution in [3.05, 3.63) is 48.3 Å². The Morgan fingerprint density at radius 3 is 2.64 bits per heavy atom. The summed E-state index contributed by atoms with van der Waals surface area (Å²) in [5.41, 5.74) is 1.46. The zero-order valence-electron chi connectivity index (χ0n) is 16.5. The summed E-state index contributed by atoms with van der Waals surface area (Å²) in [7, 11) is 5.36. The summed E-state index contributed by atoms with van der Waals surface area (Å²) < 4.78 is 6.94. The highest BCUT2D eigenvalue weighted by Gasteiger charge is 2.27. The minimum Gasteiger partial charge on any atom is -0.497 e. The largest absolute Gasteiger partial charge is 0.497 e. The number of piperidine rings is 1. The lowest BCUT2D eigenvalue weighted by Crippen LogP contribution is -2.46. The number of amides is 1. The SMILES string of the molecule is COc1ccc2nc(N3CCC(N(C)C(=O)c4ccn(C)n4)CC3)ccc2c1. The maximum atomic E-state index is 12.6. The third-order valence-corrected chi connectivity index (χ3v) is 5.47. The molecule has 0 spiro atoms. The van der Waals surface area contributed by atoms with Crippen LogP contribution in [0.4, 0.5) is 5.82 Å². The first kappa shape index (κ1) is 18.3. The van der Waals surface area contributed by atoms with Gasteiger partial charge in [0.15, 0.2) is 0 Å². The van der Waals surface area contributed by atoms with E-state index in [1.807, 2.05) is 37.2 Å². The van der Waals surface area contributed by atoms with Gasteiger partial charge in [0.1, 0.15) is 17.3 Å². The Hall–Kier alpha value is -3.09. The van der Waals surface area contributed by atoms with Gasteiger partial charge in [-0.1, -0.05) is 0 Å².